The Balaban J connectivity index is 2.26. The number of aromatic nitrogens is 1. The van der Waals surface area contributed by atoms with Crippen LogP contribution in [-0.2, 0) is 0 Å². The Morgan fingerprint density at radius 2 is 2.16 bits per heavy atom. The van der Waals surface area contributed by atoms with Crippen LogP contribution in [0.4, 0.5) is 17.1 Å². The second kappa shape index (κ2) is 6.75. The standard InChI is InChI=1S/C17H11BrN4O3/c1-25-16-7-14-13(6-15(16)22(23)24)17(10(8-19)9-20-14)21-12-4-2-3-11(18)5-12/h2-7,9H,1H3,(H,20,21). The van der Waals surface area contributed by atoms with Crippen LogP contribution in [0, 0.1) is 21.4 Å². The van der Waals surface area contributed by atoms with E-state index in [4.69, 9.17) is 4.74 Å². The molecule has 1 N–H and O–H groups in total. The van der Waals surface area contributed by atoms with E-state index < -0.39 is 4.92 Å². The van der Waals surface area contributed by atoms with Crippen molar-refractivity contribution in [1.82, 2.24) is 4.98 Å². The number of hydrogen-bond acceptors (Lipinski definition) is 6. The van der Waals surface area contributed by atoms with E-state index in [0.29, 0.717) is 16.6 Å². The molecule has 0 atom stereocenters. The summed E-state index contributed by atoms with van der Waals surface area (Å²) in [5.74, 6) is 0.114. The molecule has 0 bridgehead atoms. The Morgan fingerprint density at radius 3 is 2.80 bits per heavy atom. The number of pyridine rings is 1. The van der Waals surface area contributed by atoms with Crippen LogP contribution in [0.5, 0.6) is 5.75 Å². The molecule has 0 unspecified atom stereocenters. The smallest absolute Gasteiger partial charge is 0.311 e. The summed E-state index contributed by atoms with van der Waals surface area (Å²) >= 11 is 3.39. The fourth-order valence-electron chi connectivity index (χ4n) is 2.44. The lowest BCUT2D eigenvalue weighted by Crippen LogP contribution is -1.99. The zero-order valence-electron chi connectivity index (χ0n) is 13.0. The van der Waals surface area contributed by atoms with Crippen LogP contribution in [0.15, 0.2) is 47.1 Å². The van der Waals surface area contributed by atoms with Gasteiger partial charge in [0.1, 0.15) is 6.07 Å². The Bertz CT molecular complexity index is 1030. The van der Waals surface area contributed by atoms with E-state index in [2.05, 4.69) is 32.3 Å². The van der Waals surface area contributed by atoms with Crippen LogP contribution in [-0.4, -0.2) is 17.0 Å². The normalized spacial score (nSPS) is 10.3. The molecule has 0 aliphatic carbocycles. The number of nitrogens with zero attached hydrogens (tertiary/aromatic N) is 3. The zero-order chi connectivity index (χ0) is 18.0. The Morgan fingerprint density at radius 1 is 1.36 bits per heavy atom. The predicted molar refractivity (Wildman–Crippen MR) is 97.1 cm³/mol. The van der Waals surface area contributed by atoms with E-state index in [1.807, 2.05) is 24.3 Å². The lowest BCUT2D eigenvalue weighted by Gasteiger charge is -2.12. The highest BCUT2D eigenvalue weighted by molar-refractivity contribution is 9.10. The topological polar surface area (TPSA) is 101 Å². The summed E-state index contributed by atoms with van der Waals surface area (Å²) in [7, 11) is 1.36. The molecule has 0 aliphatic rings. The van der Waals surface area contributed by atoms with Crippen LogP contribution in [0.1, 0.15) is 5.56 Å². The number of nitro groups is 1. The average Bonchev–Trinajstić information content (AvgIpc) is 2.60. The van der Waals surface area contributed by atoms with Gasteiger partial charge < -0.3 is 10.1 Å². The fourth-order valence-corrected chi connectivity index (χ4v) is 2.84. The maximum Gasteiger partial charge on any atom is 0.311 e. The number of hydrogen-bond donors (Lipinski definition) is 1. The van der Waals surface area contributed by atoms with Crippen molar-refractivity contribution in [2.45, 2.75) is 0 Å². The van der Waals surface area contributed by atoms with Crippen molar-refractivity contribution in [3.8, 4) is 11.8 Å². The highest BCUT2D eigenvalue weighted by Gasteiger charge is 2.19. The minimum absolute atomic E-state index is 0.114. The SMILES string of the molecule is COc1cc2ncc(C#N)c(Nc3cccc(Br)c3)c2cc1[N+](=O)[O-]. The molecular weight excluding hydrogens is 388 g/mol. The predicted octanol–water partition coefficient (Wildman–Crippen LogP) is 4.53. The molecule has 0 spiro atoms. The zero-order valence-corrected chi connectivity index (χ0v) is 14.6. The Hall–Kier alpha value is -3.18. The third kappa shape index (κ3) is 3.22. The lowest BCUT2D eigenvalue weighted by atomic mass is 10.1. The number of nitrogens with one attached hydrogen (secondary N) is 1. The van der Waals surface area contributed by atoms with Gasteiger partial charge in [-0.2, -0.15) is 5.26 Å². The van der Waals surface area contributed by atoms with Crippen molar-refractivity contribution in [2.24, 2.45) is 0 Å². The van der Waals surface area contributed by atoms with Crippen molar-refractivity contribution in [3.05, 3.63) is 62.7 Å². The summed E-state index contributed by atoms with van der Waals surface area (Å²) in [4.78, 5) is 15.0. The van der Waals surface area contributed by atoms with Gasteiger partial charge in [-0.25, -0.2) is 0 Å². The summed E-state index contributed by atoms with van der Waals surface area (Å²) in [5.41, 5.74) is 1.77. The van der Waals surface area contributed by atoms with Gasteiger partial charge in [-0.1, -0.05) is 22.0 Å². The summed E-state index contributed by atoms with van der Waals surface area (Å²) in [6.45, 7) is 0. The number of methoxy groups -OCH3 is 1. The number of rotatable bonds is 4. The quantitative estimate of drug-likeness (QED) is 0.511. The van der Waals surface area contributed by atoms with Crippen LogP contribution < -0.4 is 10.1 Å². The molecule has 0 radical (unpaired) electrons. The molecule has 0 amide bonds. The number of ether oxygens (including phenoxy) is 1. The van der Waals surface area contributed by atoms with Crippen LogP contribution >= 0.6 is 15.9 Å². The van der Waals surface area contributed by atoms with Crippen molar-refractivity contribution in [3.63, 3.8) is 0 Å². The molecule has 2 aromatic carbocycles. The van der Waals surface area contributed by atoms with Crippen LogP contribution in [0.3, 0.4) is 0 Å². The lowest BCUT2D eigenvalue weighted by molar-refractivity contribution is -0.385. The van der Waals surface area contributed by atoms with Gasteiger partial charge in [0.25, 0.3) is 0 Å². The molecular formula is C17H11BrN4O3. The maximum atomic E-state index is 11.3. The van der Waals surface area contributed by atoms with Crippen molar-refractivity contribution in [1.29, 1.82) is 5.26 Å². The van der Waals surface area contributed by atoms with Crippen molar-refractivity contribution < 1.29 is 9.66 Å². The highest BCUT2D eigenvalue weighted by Crippen LogP contribution is 2.36. The first kappa shape index (κ1) is 16.7. The molecule has 124 valence electrons. The van der Waals surface area contributed by atoms with E-state index in [-0.39, 0.29) is 17.0 Å². The van der Waals surface area contributed by atoms with E-state index >= 15 is 0 Å². The second-order valence-electron chi connectivity index (χ2n) is 5.09. The molecule has 1 aromatic heterocycles. The molecule has 0 fully saturated rings. The van der Waals surface area contributed by atoms with Crippen molar-refractivity contribution >= 4 is 43.9 Å². The first-order valence-corrected chi connectivity index (χ1v) is 7.90. The van der Waals surface area contributed by atoms with Crippen molar-refractivity contribution in [2.75, 3.05) is 12.4 Å². The van der Waals surface area contributed by atoms with Crippen LogP contribution in [0.2, 0.25) is 0 Å². The van der Waals surface area contributed by atoms with E-state index in [1.54, 1.807) is 0 Å². The van der Waals surface area contributed by atoms with Crippen LogP contribution in [0.25, 0.3) is 10.9 Å². The monoisotopic (exact) mass is 398 g/mol. The summed E-state index contributed by atoms with van der Waals surface area (Å²) in [5, 5.41) is 24.3. The number of fused-ring (bicyclic) bond motifs is 1. The molecule has 0 aliphatic heterocycles. The molecule has 25 heavy (non-hydrogen) atoms. The number of anilines is 2. The molecule has 8 heteroatoms. The average molecular weight is 399 g/mol. The van der Waals surface area contributed by atoms with Gasteiger partial charge in [0.2, 0.25) is 0 Å². The largest absolute Gasteiger partial charge is 0.490 e. The van der Waals surface area contributed by atoms with Gasteiger partial charge in [0.05, 0.1) is 28.8 Å². The number of nitro benzene ring substituents is 1. The van der Waals surface area contributed by atoms with Gasteiger partial charge in [-0.3, -0.25) is 15.1 Å². The third-order valence-electron chi connectivity index (χ3n) is 3.58. The third-order valence-corrected chi connectivity index (χ3v) is 4.07. The van der Waals surface area contributed by atoms with Gasteiger partial charge in [0, 0.05) is 33.9 Å². The van der Waals surface area contributed by atoms with E-state index in [1.165, 1.54) is 25.4 Å². The van der Waals surface area contributed by atoms with Gasteiger partial charge >= 0.3 is 5.69 Å². The van der Waals surface area contributed by atoms with Gasteiger partial charge in [0.15, 0.2) is 5.75 Å². The first-order chi connectivity index (χ1) is 12.0. The summed E-state index contributed by atoms with van der Waals surface area (Å²) < 4.78 is 5.93. The Labute approximate surface area is 151 Å². The van der Waals surface area contributed by atoms with Gasteiger partial charge in [-0.05, 0) is 18.2 Å². The van der Waals surface area contributed by atoms with E-state index in [0.717, 1.165) is 10.2 Å². The minimum atomic E-state index is -0.528. The summed E-state index contributed by atoms with van der Waals surface area (Å²) in [6, 6.07) is 12.3. The van der Waals surface area contributed by atoms with E-state index in [9.17, 15) is 15.4 Å². The first-order valence-electron chi connectivity index (χ1n) is 7.11. The second-order valence-corrected chi connectivity index (χ2v) is 6.01. The maximum absolute atomic E-state index is 11.3. The molecule has 1 heterocycles. The molecule has 0 saturated heterocycles. The number of nitriles is 1. The summed E-state index contributed by atoms with van der Waals surface area (Å²) in [6.07, 6.45) is 1.42. The highest BCUT2D eigenvalue weighted by atomic mass is 79.9. The number of halogens is 1. The fraction of sp³-hybridized carbons (Fsp3) is 0.0588. The molecule has 3 aromatic rings. The molecule has 3 rings (SSSR count). The minimum Gasteiger partial charge on any atom is -0.490 e. The number of benzene rings is 2. The molecule has 0 saturated carbocycles. The molecule has 7 nitrogen and oxygen atoms in total. The van der Waals surface area contributed by atoms with Gasteiger partial charge in [-0.15, -0.1) is 0 Å². The Kier molecular flexibility index (Phi) is 4.50.